The number of aliphatic hydroxyl groups excluding tert-OH is 1. The summed E-state index contributed by atoms with van der Waals surface area (Å²) in [4.78, 5) is 10.5. The number of ether oxygens (including phenoxy) is 1. The molecule has 4 heteroatoms. The first kappa shape index (κ1) is 20.2. The van der Waals surface area contributed by atoms with Gasteiger partial charge in [-0.1, -0.05) is 50.5 Å². The first-order valence-corrected chi connectivity index (χ1v) is 9.96. The van der Waals surface area contributed by atoms with Gasteiger partial charge in [0.25, 0.3) is 0 Å². The molecule has 1 heterocycles. The number of aliphatic carboxylic acids is 1. The zero-order valence-corrected chi connectivity index (χ0v) is 15.5. The Hall–Kier alpha value is -1.13. The van der Waals surface area contributed by atoms with Crippen molar-refractivity contribution in [1.82, 2.24) is 0 Å². The quantitative estimate of drug-likeness (QED) is 0.406. The van der Waals surface area contributed by atoms with Gasteiger partial charge >= 0.3 is 5.97 Å². The molecule has 2 fully saturated rings. The molecule has 0 aromatic carbocycles. The number of carbonyl (C=O) groups is 1. The number of hydrogen-bond acceptors (Lipinski definition) is 3. The van der Waals surface area contributed by atoms with Gasteiger partial charge in [0.05, 0.1) is 18.8 Å². The van der Waals surface area contributed by atoms with E-state index in [4.69, 9.17) is 9.84 Å². The lowest BCUT2D eigenvalue weighted by atomic mass is 9.84. The predicted octanol–water partition coefficient (Wildman–Crippen LogP) is 4.34. The van der Waals surface area contributed by atoms with Crippen LogP contribution in [0.5, 0.6) is 0 Å². The molecule has 1 aliphatic heterocycles. The largest absolute Gasteiger partial charge is 0.481 e. The Morgan fingerprint density at radius 2 is 2.12 bits per heavy atom. The second-order valence-corrected chi connectivity index (χ2v) is 7.55. The topological polar surface area (TPSA) is 66.8 Å². The molecule has 2 N–H and O–H groups in total. The third kappa shape index (κ3) is 6.59. The van der Waals surface area contributed by atoms with Gasteiger partial charge in [0.1, 0.15) is 0 Å². The second-order valence-electron chi connectivity index (χ2n) is 7.55. The van der Waals surface area contributed by atoms with Gasteiger partial charge in [0, 0.05) is 12.3 Å². The first-order chi connectivity index (χ1) is 12.1. The van der Waals surface area contributed by atoms with E-state index in [0.29, 0.717) is 30.3 Å². The number of hydrogen-bond donors (Lipinski definition) is 2. The maximum Gasteiger partial charge on any atom is 0.303 e. The average molecular weight is 350 g/mol. The Labute approximate surface area is 152 Å². The maximum absolute atomic E-state index is 10.5. The molecule has 2 aliphatic rings. The average Bonchev–Trinajstić information content (AvgIpc) is 3.17. The minimum absolute atomic E-state index is 0.244. The molecule has 5 atom stereocenters. The van der Waals surface area contributed by atoms with Crippen LogP contribution in [-0.2, 0) is 9.53 Å². The lowest BCUT2D eigenvalue weighted by Gasteiger charge is -2.28. The highest BCUT2D eigenvalue weighted by molar-refractivity contribution is 5.66. The van der Waals surface area contributed by atoms with Crippen LogP contribution in [0.15, 0.2) is 24.3 Å². The number of aliphatic hydroxyl groups is 1. The lowest BCUT2D eigenvalue weighted by Crippen LogP contribution is -2.27. The molecular weight excluding hydrogens is 316 g/mol. The third-order valence-electron chi connectivity index (χ3n) is 5.58. The van der Waals surface area contributed by atoms with Crippen LogP contribution in [0.2, 0.25) is 0 Å². The molecule has 0 spiro atoms. The maximum atomic E-state index is 10.5. The highest BCUT2D eigenvalue weighted by Gasteiger charge is 2.46. The van der Waals surface area contributed by atoms with Crippen LogP contribution in [0, 0.1) is 17.8 Å². The summed E-state index contributed by atoms with van der Waals surface area (Å²) in [6.45, 7) is 3.04. The fourth-order valence-corrected chi connectivity index (χ4v) is 4.15. The molecule has 0 amide bonds. The van der Waals surface area contributed by atoms with Crippen LogP contribution >= 0.6 is 0 Å². The van der Waals surface area contributed by atoms with E-state index < -0.39 is 5.97 Å². The highest BCUT2D eigenvalue weighted by atomic mass is 16.5. The molecular formula is C21H34O4. The van der Waals surface area contributed by atoms with Crippen molar-refractivity contribution in [2.75, 3.05) is 6.61 Å². The summed E-state index contributed by atoms with van der Waals surface area (Å²) in [5.41, 5.74) is 0. The summed E-state index contributed by atoms with van der Waals surface area (Å²) in [6.07, 6.45) is 16.7. The number of allylic oxidation sites excluding steroid dienone is 2. The Bertz CT molecular complexity index is 457. The second kappa shape index (κ2) is 10.8. The Kier molecular flexibility index (Phi) is 8.70. The fourth-order valence-electron chi connectivity index (χ4n) is 4.15. The van der Waals surface area contributed by atoms with Gasteiger partial charge in [-0.15, -0.1) is 0 Å². The summed E-state index contributed by atoms with van der Waals surface area (Å²) in [7, 11) is 0. The summed E-state index contributed by atoms with van der Waals surface area (Å²) in [5.74, 6) is 0.902. The number of unbranched alkanes of at least 4 members (excludes halogenated alkanes) is 3. The van der Waals surface area contributed by atoms with Crippen LogP contribution < -0.4 is 0 Å². The van der Waals surface area contributed by atoms with Crippen molar-refractivity contribution in [2.45, 2.75) is 76.9 Å². The van der Waals surface area contributed by atoms with Crippen molar-refractivity contribution in [1.29, 1.82) is 0 Å². The molecule has 1 aliphatic carbocycles. The normalized spacial score (nSPS) is 29.8. The molecule has 0 aromatic rings. The molecule has 1 saturated carbocycles. The minimum Gasteiger partial charge on any atom is -0.481 e. The van der Waals surface area contributed by atoms with Crippen LogP contribution in [0.1, 0.15) is 64.7 Å². The van der Waals surface area contributed by atoms with E-state index in [1.54, 1.807) is 0 Å². The van der Waals surface area contributed by atoms with Gasteiger partial charge in [0.15, 0.2) is 0 Å². The van der Waals surface area contributed by atoms with Crippen LogP contribution in [-0.4, -0.2) is 35.0 Å². The molecule has 0 aromatic heterocycles. The summed E-state index contributed by atoms with van der Waals surface area (Å²) in [6, 6.07) is 0. The van der Waals surface area contributed by atoms with E-state index >= 15 is 0 Å². The Morgan fingerprint density at radius 3 is 2.88 bits per heavy atom. The van der Waals surface area contributed by atoms with Crippen LogP contribution in [0.4, 0.5) is 0 Å². The van der Waals surface area contributed by atoms with Gasteiger partial charge in [0.2, 0.25) is 0 Å². The first-order valence-electron chi connectivity index (χ1n) is 9.96. The van der Waals surface area contributed by atoms with Crippen molar-refractivity contribution >= 4 is 5.97 Å². The van der Waals surface area contributed by atoms with E-state index in [0.717, 1.165) is 38.7 Å². The van der Waals surface area contributed by atoms with E-state index in [2.05, 4.69) is 25.2 Å². The zero-order valence-electron chi connectivity index (χ0n) is 15.5. The summed E-state index contributed by atoms with van der Waals surface area (Å²) >= 11 is 0. The van der Waals surface area contributed by atoms with E-state index in [9.17, 15) is 9.90 Å². The lowest BCUT2D eigenvalue weighted by molar-refractivity contribution is -0.137. The van der Waals surface area contributed by atoms with Crippen molar-refractivity contribution in [3.8, 4) is 0 Å². The molecule has 2 rings (SSSR count). The van der Waals surface area contributed by atoms with Crippen molar-refractivity contribution in [3.63, 3.8) is 0 Å². The van der Waals surface area contributed by atoms with E-state index in [1.165, 1.54) is 12.8 Å². The van der Waals surface area contributed by atoms with Gasteiger partial charge in [-0.05, 0) is 43.9 Å². The van der Waals surface area contributed by atoms with E-state index in [1.807, 2.05) is 6.08 Å². The van der Waals surface area contributed by atoms with Gasteiger partial charge in [-0.3, -0.25) is 4.79 Å². The molecule has 0 unspecified atom stereocenters. The molecule has 0 radical (unpaired) electrons. The number of fused-ring (bicyclic) bond motifs is 2. The standard InChI is InChI=1S/C21H34O4/c1-2-3-6-9-17(22)12-13-19-18(16-14-20(19)25-15-16)10-7-4-5-8-11-21(23)24/h4,7,12-13,16-20,22H,2-3,5-6,8-11,14-15H2,1H3,(H,23,24)/b7-4+,13-12-/t16-,17+,18+,19-,20-/m0/s1. The smallest absolute Gasteiger partial charge is 0.303 e. The summed E-state index contributed by atoms with van der Waals surface area (Å²) in [5, 5.41) is 18.8. The van der Waals surface area contributed by atoms with Crippen molar-refractivity contribution in [3.05, 3.63) is 24.3 Å². The zero-order chi connectivity index (χ0) is 18.1. The molecule has 142 valence electrons. The van der Waals surface area contributed by atoms with Crippen molar-refractivity contribution < 1.29 is 19.7 Å². The SMILES string of the molecule is CCCCC[C@@H](O)/C=C\[C@H]1[C@H](C/C=C/CCCC(=O)O)[C@@H]2CO[C@H]1C2. The number of carboxylic acid groups (broad SMARTS) is 1. The summed E-state index contributed by atoms with van der Waals surface area (Å²) < 4.78 is 5.87. The molecule has 2 bridgehead atoms. The number of rotatable bonds is 12. The van der Waals surface area contributed by atoms with Crippen LogP contribution in [0.25, 0.3) is 0 Å². The van der Waals surface area contributed by atoms with E-state index in [-0.39, 0.29) is 12.5 Å². The van der Waals surface area contributed by atoms with Crippen molar-refractivity contribution in [2.24, 2.45) is 17.8 Å². The fraction of sp³-hybridized carbons (Fsp3) is 0.762. The molecule has 1 saturated heterocycles. The van der Waals surface area contributed by atoms with Gasteiger partial charge in [-0.2, -0.15) is 0 Å². The highest BCUT2D eigenvalue weighted by Crippen LogP contribution is 2.47. The van der Waals surface area contributed by atoms with Gasteiger partial charge in [-0.25, -0.2) is 0 Å². The number of carboxylic acids is 1. The molecule has 4 nitrogen and oxygen atoms in total. The van der Waals surface area contributed by atoms with Crippen LogP contribution in [0.3, 0.4) is 0 Å². The Morgan fingerprint density at radius 1 is 1.28 bits per heavy atom. The predicted molar refractivity (Wildman–Crippen MR) is 99.4 cm³/mol. The van der Waals surface area contributed by atoms with Gasteiger partial charge < -0.3 is 14.9 Å². The third-order valence-corrected chi connectivity index (χ3v) is 5.58. The minimum atomic E-state index is -0.721. The monoisotopic (exact) mass is 350 g/mol. The Balaban J connectivity index is 1.78. The molecule has 25 heavy (non-hydrogen) atoms.